The zero-order chi connectivity index (χ0) is 13.9. The molecule has 0 radical (unpaired) electrons. The molecular formula is C13H12BrN3O2. The van der Waals surface area contributed by atoms with Crippen LogP contribution in [-0.4, -0.2) is 17.5 Å². The van der Waals surface area contributed by atoms with E-state index in [-0.39, 0.29) is 5.78 Å². The third-order valence-corrected chi connectivity index (χ3v) is 3.03. The van der Waals surface area contributed by atoms with Crippen LogP contribution in [0.1, 0.15) is 10.4 Å². The van der Waals surface area contributed by atoms with Gasteiger partial charge in [0.2, 0.25) is 5.78 Å². The Bertz CT molecular complexity index is 569. The number of nitrogens with two attached hydrogens (primary N) is 1. The first-order valence-corrected chi connectivity index (χ1v) is 6.44. The van der Waals surface area contributed by atoms with Gasteiger partial charge in [0.05, 0.1) is 0 Å². The summed E-state index contributed by atoms with van der Waals surface area (Å²) in [7, 11) is 0. The van der Waals surface area contributed by atoms with Crippen molar-refractivity contribution in [3.05, 3.63) is 58.7 Å². The fourth-order valence-electron chi connectivity index (χ4n) is 1.80. The van der Waals surface area contributed by atoms with E-state index in [4.69, 9.17) is 5.73 Å². The maximum absolute atomic E-state index is 12.5. The van der Waals surface area contributed by atoms with E-state index >= 15 is 0 Å². The molecule has 0 spiro atoms. The van der Waals surface area contributed by atoms with Crippen LogP contribution in [-0.2, 0) is 0 Å². The summed E-state index contributed by atoms with van der Waals surface area (Å²) in [6, 6.07) is 8.07. The zero-order valence-electron chi connectivity index (χ0n) is 9.89. The van der Waals surface area contributed by atoms with Crippen molar-refractivity contribution in [1.82, 2.24) is 10.6 Å². The highest BCUT2D eigenvalue weighted by Gasteiger charge is 2.41. The Morgan fingerprint density at radius 3 is 2.63 bits per heavy atom. The number of rotatable bonds is 3. The predicted octanol–water partition coefficient (Wildman–Crippen LogP) is 1.63. The SMILES string of the molecule is NC1(C(=O)c2ccccc2)NC(=O)NC=C1C=CBr. The van der Waals surface area contributed by atoms with Crippen LogP contribution in [0.3, 0.4) is 0 Å². The zero-order valence-corrected chi connectivity index (χ0v) is 11.5. The third kappa shape index (κ3) is 2.59. The van der Waals surface area contributed by atoms with Gasteiger partial charge in [0.15, 0.2) is 5.66 Å². The van der Waals surface area contributed by atoms with Gasteiger partial charge in [0.25, 0.3) is 0 Å². The standard InChI is InChI=1S/C13H12BrN3O2/c14-7-6-10-8-16-12(19)17-13(10,15)11(18)9-4-2-1-3-5-9/h1-8H,15H2,(H2,16,17,19). The predicted molar refractivity (Wildman–Crippen MR) is 75.5 cm³/mol. The van der Waals surface area contributed by atoms with Crippen molar-refractivity contribution in [2.75, 3.05) is 0 Å². The molecule has 5 nitrogen and oxygen atoms in total. The Kier molecular flexibility index (Phi) is 3.82. The van der Waals surface area contributed by atoms with Gasteiger partial charge in [-0.1, -0.05) is 46.3 Å². The third-order valence-electron chi connectivity index (χ3n) is 2.76. The lowest BCUT2D eigenvalue weighted by Gasteiger charge is -2.33. The summed E-state index contributed by atoms with van der Waals surface area (Å²) in [6.07, 6.45) is 3.02. The van der Waals surface area contributed by atoms with E-state index in [0.717, 1.165) is 0 Å². The number of carbonyl (C=O) groups excluding carboxylic acids is 2. The number of amides is 2. The van der Waals surface area contributed by atoms with Crippen LogP contribution in [0.4, 0.5) is 4.79 Å². The van der Waals surface area contributed by atoms with Crippen LogP contribution in [0.25, 0.3) is 0 Å². The van der Waals surface area contributed by atoms with Crippen molar-refractivity contribution in [2.45, 2.75) is 5.66 Å². The molecular weight excluding hydrogens is 310 g/mol. The highest BCUT2D eigenvalue weighted by Crippen LogP contribution is 2.21. The molecule has 1 aliphatic heterocycles. The molecule has 1 heterocycles. The lowest BCUT2D eigenvalue weighted by molar-refractivity contribution is 0.0891. The number of hydrogen-bond donors (Lipinski definition) is 3. The van der Waals surface area contributed by atoms with Crippen molar-refractivity contribution in [3.63, 3.8) is 0 Å². The Labute approximate surface area is 118 Å². The number of nitrogens with one attached hydrogen (secondary N) is 2. The second-order valence-corrected chi connectivity index (χ2v) is 4.52. The molecule has 1 aromatic carbocycles. The van der Waals surface area contributed by atoms with Gasteiger partial charge < -0.3 is 10.6 Å². The number of hydrogen-bond acceptors (Lipinski definition) is 3. The number of benzene rings is 1. The van der Waals surface area contributed by atoms with Gasteiger partial charge in [-0.3, -0.25) is 10.5 Å². The maximum Gasteiger partial charge on any atom is 0.320 e. The fourth-order valence-corrected chi connectivity index (χ4v) is 2.08. The normalized spacial score (nSPS) is 22.6. The summed E-state index contributed by atoms with van der Waals surface area (Å²) in [5.41, 5.74) is 5.41. The van der Waals surface area contributed by atoms with Crippen molar-refractivity contribution in [2.24, 2.45) is 5.73 Å². The highest BCUT2D eigenvalue weighted by atomic mass is 79.9. The van der Waals surface area contributed by atoms with Crippen molar-refractivity contribution < 1.29 is 9.59 Å². The molecule has 2 amide bonds. The van der Waals surface area contributed by atoms with Crippen LogP contribution in [0.15, 0.2) is 53.2 Å². The molecule has 1 atom stereocenters. The first-order valence-electron chi connectivity index (χ1n) is 5.53. The summed E-state index contributed by atoms with van der Waals surface area (Å²) in [5, 5.41) is 4.93. The summed E-state index contributed by atoms with van der Waals surface area (Å²) >= 11 is 3.13. The summed E-state index contributed by atoms with van der Waals surface area (Å²) in [5.74, 6) is -0.375. The van der Waals surface area contributed by atoms with Gasteiger partial charge in [0, 0.05) is 17.3 Å². The quantitative estimate of drug-likeness (QED) is 0.740. The second kappa shape index (κ2) is 5.38. The monoisotopic (exact) mass is 321 g/mol. The van der Waals surface area contributed by atoms with Crippen molar-refractivity contribution >= 4 is 27.7 Å². The van der Waals surface area contributed by atoms with E-state index in [1.807, 2.05) is 0 Å². The average molecular weight is 322 g/mol. The Hall–Kier alpha value is -1.92. The van der Waals surface area contributed by atoms with Crippen LogP contribution in [0, 0.1) is 0 Å². The van der Waals surface area contributed by atoms with E-state index in [1.165, 1.54) is 6.20 Å². The first kappa shape index (κ1) is 13.5. The lowest BCUT2D eigenvalue weighted by atomic mass is 9.90. The molecule has 0 bridgehead atoms. The molecule has 6 heteroatoms. The minimum atomic E-state index is -1.58. The van der Waals surface area contributed by atoms with Crippen LogP contribution < -0.4 is 16.4 Å². The van der Waals surface area contributed by atoms with E-state index in [1.54, 1.807) is 41.4 Å². The molecule has 1 aromatic rings. The van der Waals surface area contributed by atoms with Crippen molar-refractivity contribution in [3.8, 4) is 0 Å². The Morgan fingerprint density at radius 2 is 2.00 bits per heavy atom. The number of Topliss-reactive ketones (excluding diaryl/α,β-unsaturated/α-hetero) is 1. The molecule has 0 saturated heterocycles. The van der Waals surface area contributed by atoms with Crippen LogP contribution in [0.2, 0.25) is 0 Å². The largest absolute Gasteiger partial charge is 0.320 e. The summed E-state index contributed by atoms with van der Waals surface area (Å²) < 4.78 is 0. The maximum atomic E-state index is 12.5. The molecule has 1 unspecified atom stereocenters. The molecule has 0 saturated carbocycles. The molecule has 98 valence electrons. The molecule has 0 aromatic heterocycles. The summed E-state index contributed by atoms with van der Waals surface area (Å²) in [6.45, 7) is 0. The molecule has 0 fully saturated rings. The Morgan fingerprint density at radius 1 is 1.32 bits per heavy atom. The van der Waals surface area contributed by atoms with E-state index in [2.05, 4.69) is 26.6 Å². The summed E-state index contributed by atoms with van der Waals surface area (Å²) in [4.78, 5) is 25.5. The minimum Gasteiger partial charge on any atom is -0.314 e. The number of halogens is 1. The molecule has 0 aliphatic carbocycles. The van der Waals surface area contributed by atoms with Gasteiger partial charge >= 0.3 is 6.03 Å². The topological polar surface area (TPSA) is 84.2 Å². The van der Waals surface area contributed by atoms with E-state index in [0.29, 0.717) is 11.1 Å². The molecule has 19 heavy (non-hydrogen) atoms. The minimum absolute atomic E-state index is 0.375. The van der Waals surface area contributed by atoms with Gasteiger partial charge in [-0.15, -0.1) is 0 Å². The lowest BCUT2D eigenvalue weighted by Crippen LogP contribution is -2.66. The molecule has 1 aliphatic rings. The molecule has 4 N–H and O–H groups in total. The van der Waals surface area contributed by atoms with E-state index in [9.17, 15) is 9.59 Å². The van der Waals surface area contributed by atoms with Crippen LogP contribution >= 0.6 is 15.9 Å². The number of carbonyl (C=O) groups is 2. The van der Waals surface area contributed by atoms with Crippen LogP contribution in [0.5, 0.6) is 0 Å². The second-order valence-electron chi connectivity index (χ2n) is 3.99. The number of ketones is 1. The first-order chi connectivity index (χ1) is 9.08. The van der Waals surface area contributed by atoms with Gasteiger partial charge in [-0.2, -0.15) is 0 Å². The smallest absolute Gasteiger partial charge is 0.314 e. The fraction of sp³-hybridized carbons (Fsp3) is 0.0769. The van der Waals surface area contributed by atoms with Crippen molar-refractivity contribution in [1.29, 1.82) is 0 Å². The molecule has 2 rings (SSSR count). The van der Waals surface area contributed by atoms with E-state index < -0.39 is 11.7 Å². The highest BCUT2D eigenvalue weighted by molar-refractivity contribution is 9.11. The van der Waals surface area contributed by atoms with Gasteiger partial charge in [-0.25, -0.2) is 4.79 Å². The average Bonchev–Trinajstić information content (AvgIpc) is 2.42. The number of urea groups is 1. The Balaban J connectivity index is 2.44. The van der Waals surface area contributed by atoms with Gasteiger partial charge in [0.1, 0.15) is 0 Å². The van der Waals surface area contributed by atoms with Gasteiger partial charge in [-0.05, 0) is 11.1 Å².